The van der Waals surface area contributed by atoms with E-state index in [2.05, 4.69) is 0 Å². The van der Waals surface area contributed by atoms with Crippen LogP contribution < -0.4 is 0 Å². The number of phenols is 2. The van der Waals surface area contributed by atoms with Gasteiger partial charge in [0.05, 0.1) is 26.4 Å². The fourth-order valence-electron chi connectivity index (χ4n) is 3.90. The van der Waals surface area contributed by atoms with E-state index in [1.807, 2.05) is 0 Å². The minimum Gasteiger partial charge on any atom is -0.507 e. The Balaban J connectivity index is 0.00000648. The Hall–Kier alpha value is -2.70. The molecule has 0 radical (unpaired) electrons. The molecule has 2 aromatic rings. The molecule has 2 aromatic carbocycles. The van der Waals surface area contributed by atoms with E-state index in [-0.39, 0.29) is 59.3 Å². The molecule has 0 aromatic heterocycles. The van der Waals surface area contributed by atoms with Crippen LogP contribution in [0.2, 0.25) is 0 Å². The fourth-order valence-corrected chi connectivity index (χ4v) is 3.90. The first-order chi connectivity index (χ1) is 16.6. The summed E-state index contributed by atoms with van der Waals surface area (Å²) in [5.41, 5.74) is 1.23. The SMILES string of the molecule is C[C@H](C(=O)O)N(Cc1cccc(CO)c1O)C(CO)CN(CC(=O)O)Cc1cccc(CO)c1O.[Fe+2]. The quantitative estimate of drug-likeness (QED) is 0.161. The van der Waals surface area contributed by atoms with Crippen LogP contribution in [0.4, 0.5) is 0 Å². The third-order valence-electron chi connectivity index (χ3n) is 5.86. The molecule has 0 aliphatic heterocycles. The Morgan fingerprint density at radius 1 is 0.833 bits per heavy atom. The summed E-state index contributed by atoms with van der Waals surface area (Å²) >= 11 is 0. The summed E-state index contributed by atoms with van der Waals surface area (Å²) in [6, 6.07) is 7.44. The van der Waals surface area contributed by atoms with Crippen molar-refractivity contribution in [3.63, 3.8) is 0 Å². The number of benzene rings is 2. The third-order valence-corrected chi connectivity index (χ3v) is 5.86. The predicted octanol–water partition coefficient (Wildman–Crippen LogP) is 0.303. The Morgan fingerprint density at radius 2 is 1.31 bits per heavy atom. The number of carboxylic acid groups (broad SMARTS) is 2. The number of carboxylic acids is 2. The van der Waals surface area contributed by atoms with Crippen LogP contribution in [0.15, 0.2) is 36.4 Å². The fraction of sp³-hybridized carbons (Fsp3) is 0.417. The molecule has 0 aliphatic carbocycles. The number of nitrogens with zero attached hydrogens (tertiary/aromatic N) is 2. The van der Waals surface area contributed by atoms with Gasteiger partial charge in [-0.25, -0.2) is 0 Å². The number of aliphatic hydroxyl groups is 3. The molecule has 36 heavy (non-hydrogen) atoms. The van der Waals surface area contributed by atoms with Crippen molar-refractivity contribution in [1.29, 1.82) is 0 Å². The van der Waals surface area contributed by atoms with E-state index in [4.69, 9.17) is 0 Å². The molecule has 0 spiro atoms. The van der Waals surface area contributed by atoms with Crippen molar-refractivity contribution in [1.82, 2.24) is 9.80 Å². The molecule has 0 saturated carbocycles. The molecule has 198 valence electrons. The number of rotatable bonds is 14. The van der Waals surface area contributed by atoms with Gasteiger partial charge in [-0.15, -0.1) is 0 Å². The van der Waals surface area contributed by atoms with Crippen LogP contribution in [0, 0.1) is 0 Å². The average Bonchev–Trinajstić information content (AvgIpc) is 2.82. The second-order valence-corrected chi connectivity index (χ2v) is 8.25. The summed E-state index contributed by atoms with van der Waals surface area (Å²) in [5.74, 6) is -2.71. The third kappa shape index (κ3) is 8.17. The second-order valence-electron chi connectivity index (χ2n) is 8.25. The maximum Gasteiger partial charge on any atom is 2.00 e. The van der Waals surface area contributed by atoms with Gasteiger partial charge < -0.3 is 35.7 Å². The molecule has 0 saturated heterocycles. The van der Waals surface area contributed by atoms with Gasteiger partial charge in [-0.2, -0.15) is 0 Å². The molecule has 0 bridgehead atoms. The van der Waals surface area contributed by atoms with Gasteiger partial charge in [-0.1, -0.05) is 36.4 Å². The number of carbonyl (C=O) groups is 2. The van der Waals surface area contributed by atoms with Crippen LogP contribution in [-0.4, -0.2) is 89.3 Å². The summed E-state index contributed by atoms with van der Waals surface area (Å²) in [6.07, 6.45) is 0. The average molecular weight is 548 g/mol. The van der Waals surface area contributed by atoms with Crippen molar-refractivity contribution in [2.24, 2.45) is 0 Å². The van der Waals surface area contributed by atoms with Crippen LogP contribution in [0.5, 0.6) is 11.5 Å². The maximum absolute atomic E-state index is 11.8. The maximum atomic E-state index is 11.8. The van der Waals surface area contributed by atoms with Crippen molar-refractivity contribution in [2.45, 2.75) is 45.3 Å². The van der Waals surface area contributed by atoms with Gasteiger partial charge in [0.1, 0.15) is 17.5 Å². The van der Waals surface area contributed by atoms with Crippen LogP contribution in [-0.2, 0) is 53.0 Å². The largest absolute Gasteiger partial charge is 2.00 e. The smallest absolute Gasteiger partial charge is 0.507 e. The number of aliphatic carboxylic acids is 2. The molecule has 2 atom stereocenters. The molecule has 0 aliphatic rings. The first kappa shape index (κ1) is 31.3. The van der Waals surface area contributed by atoms with Crippen molar-refractivity contribution in [3.05, 3.63) is 58.7 Å². The van der Waals surface area contributed by atoms with Gasteiger partial charge in [0.2, 0.25) is 0 Å². The molecule has 0 heterocycles. The van der Waals surface area contributed by atoms with Crippen LogP contribution in [0.1, 0.15) is 29.2 Å². The number of aliphatic hydroxyl groups excluding tert-OH is 3. The molecule has 0 fully saturated rings. The minimum atomic E-state index is -1.18. The summed E-state index contributed by atoms with van der Waals surface area (Å²) in [6.45, 7) is -0.595. The summed E-state index contributed by atoms with van der Waals surface area (Å²) in [5, 5.41) is 68.9. The molecule has 7 N–H and O–H groups in total. The van der Waals surface area contributed by atoms with Crippen molar-refractivity contribution in [2.75, 3.05) is 19.7 Å². The van der Waals surface area contributed by atoms with Gasteiger partial charge in [-0.3, -0.25) is 19.4 Å². The van der Waals surface area contributed by atoms with E-state index < -0.39 is 50.4 Å². The second kappa shape index (κ2) is 14.8. The van der Waals surface area contributed by atoms with E-state index in [0.29, 0.717) is 11.1 Å². The van der Waals surface area contributed by atoms with Crippen LogP contribution in [0.3, 0.4) is 0 Å². The molecule has 11 nitrogen and oxygen atoms in total. The summed E-state index contributed by atoms with van der Waals surface area (Å²) in [7, 11) is 0. The minimum absolute atomic E-state index is 0. The first-order valence-electron chi connectivity index (χ1n) is 11.0. The molecular formula is C24H32FeN2O9+2. The van der Waals surface area contributed by atoms with Crippen molar-refractivity contribution < 1.29 is 62.4 Å². The Bertz CT molecular complexity index is 1020. The van der Waals surface area contributed by atoms with E-state index in [0.717, 1.165) is 0 Å². The van der Waals surface area contributed by atoms with E-state index in [9.17, 15) is 45.3 Å². The van der Waals surface area contributed by atoms with E-state index in [1.54, 1.807) is 24.3 Å². The normalized spacial score (nSPS) is 12.8. The van der Waals surface area contributed by atoms with Crippen LogP contribution in [0.25, 0.3) is 0 Å². The summed E-state index contributed by atoms with van der Waals surface area (Å²) in [4.78, 5) is 26.2. The molecule has 12 heteroatoms. The first-order valence-corrected chi connectivity index (χ1v) is 11.0. The standard InChI is InChI=1S/C24H32N2O9.Fe/c1-15(24(34)35)26(9-17-5-3-7-19(13-28)23(17)33)20(14-29)10-25(11-21(30)31)8-16-4-2-6-18(12-27)22(16)32;/h2-7,15,20,27-29,32-33H,8-14H2,1H3,(H,30,31)(H,34,35);/q;+2/t15-,20?;/m1./s1. The zero-order chi connectivity index (χ0) is 26.1. The van der Waals surface area contributed by atoms with Crippen molar-refractivity contribution >= 4 is 11.9 Å². The molecular weight excluding hydrogens is 516 g/mol. The molecule has 2 rings (SSSR count). The molecule has 0 amide bonds. The van der Waals surface area contributed by atoms with E-state index >= 15 is 0 Å². The number of para-hydroxylation sites is 2. The van der Waals surface area contributed by atoms with Gasteiger partial charge in [0.15, 0.2) is 0 Å². The van der Waals surface area contributed by atoms with Crippen molar-refractivity contribution in [3.8, 4) is 11.5 Å². The van der Waals surface area contributed by atoms with E-state index in [1.165, 1.54) is 28.9 Å². The Morgan fingerprint density at radius 3 is 1.72 bits per heavy atom. The predicted molar refractivity (Wildman–Crippen MR) is 124 cm³/mol. The Kier molecular flexibility index (Phi) is 12.8. The summed E-state index contributed by atoms with van der Waals surface area (Å²) < 4.78 is 0. The Labute approximate surface area is 219 Å². The van der Waals surface area contributed by atoms with Gasteiger partial charge in [-0.05, 0) is 6.92 Å². The topological polar surface area (TPSA) is 182 Å². The zero-order valence-corrected chi connectivity index (χ0v) is 20.9. The van der Waals surface area contributed by atoms with Crippen LogP contribution >= 0.6 is 0 Å². The van der Waals surface area contributed by atoms with Gasteiger partial charge in [0.25, 0.3) is 0 Å². The number of aromatic hydroxyl groups is 2. The molecule has 1 unspecified atom stereocenters. The monoisotopic (exact) mass is 548 g/mol. The van der Waals surface area contributed by atoms with Gasteiger partial charge >= 0.3 is 29.0 Å². The zero-order valence-electron chi connectivity index (χ0n) is 19.8. The van der Waals surface area contributed by atoms with Gasteiger partial charge in [0, 0.05) is 47.9 Å². The number of hydrogen-bond acceptors (Lipinski definition) is 9. The number of hydrogen-bond donors (Lipinski definition) is 7.